The van der Waals surface area contributed by atoms with Crippen LogP contribution in [0.15, 0.2) is 34.5 Å². The zero-order valence-corrected chi connectivity index (χ0v) is 6.31. The molecule has 0 bridgehead atoms. The number of azo groups is 1. The third-order valence-corrected chi connectivity index (χ3v) is 1.97. The molecule has 0 aromatic carbocycles. The predicted octanol–water partition coefficient (Wildman–Crippen LogP) is 2.04. The van der Waals surface area contributed by atoms with Crippen LogP contribution in [0.2, 0.25) is 0 Å². The lowest BCUT2D eigenvalue weighted by atomic mass is 10.2. The van der Waals surface area contributed by atoms with Crippen LogP contribution in [0.4, 0.5) is 5.82 Å². The monoisotopic (exact) mass is 158 g/mol. The van der Waals surface area contributed by atoms with E-state index in [0.717, 1.165) is 17.1 Å². The molecule has 0 spiro atoms. The van der Waals surface area contributed by atoms with E-state index in [2.05, 4.69) is 15.3 Å². The molecule has 4 heteroatoms. The summed E-state index contributed by atoms with van der Waals surface area (Å²) in [6, 6.07) is 8.00. The molecule has 0 unspecified atom stereocenters. The van der Waals surface area contributed by atoms with Crippen LogP contribution < -0.4 is 0 Å². The molecule has 0 N–H and O–H groups in total. The fourth-order valence-electron chi connectivity index (χ4n) is 1.38. The Morgan fingerprint density at radius 3 is 3.33 bits per heavy atom. The van der Waals surface area contributed by atoms with Gasteiger partial charge in [-0.2, -0.15) is 10.2 Å². The standard InChI is InChI=1S/C8H6N4/c1-2-6-4-8-10-9-5-12(8)11-7(6)3-1/h1-4H,5H2. The van der Waals surface area contributed by atoms with E-state index in [0.29, 0.717) is 6.67 Å². The molecule has 3 rings (SSSR count). The molecule has 2 heterocycles. The molecule has 12 heavy (non-hydrogen) atoms. The minimum absolute atomic E-state index is 0.552. The van der Waals surface area contributed by atoms with Gasteiger partial charge in [0.2, 0.25) is 0 Å². The Labute approximate surface area is 68.9 Å². The quantitative estimate of drug-likeness (QED) is 0.578. The summed E-state index contributed by atoms with van der Waals surface area (Å²) in [6.45, 7) is 0.552. The second-order valence-corrected chi connectivity index (χ2v) is 2.75. The highest BCUT2D eigenvalue weighted by Crippen LogP contribution is 2.27. The Morgan fingerprint density at radius 1 is 1.33 bits per heavy atom. The maximum absolute atomic E-state index is 4.34. The summed E-state index contributed by atoms with van der Waals surface area (Å²) in [6.07, 6.45) is 0. The maximum Gasteiger partial charge on any atom is 0.173 e. The van der Waals surface area contributed by atoms with Gasteiger partial charge in [-0.25, -0.2) is 4.68 Å². The highest BCUT2D eigenvalue weighted by atomic mass is 15.4. The third kappa shape index (κ3) is 0.637. The van der Waals surface area contributed by atoms with Crippen LogP contribution in [0, 0.1) is 0 Å². The van der Waals surface area contributed by atoms with Gasteiger partial charge in [-0.3, -0.25) is 0 Å². The number of aromatic nitrogens is 2. The van der Waals surface area contributed by atoms with E-state index in [9.17, 15) is 0 Å². The lowest BCUT2D eigenvalue weighted by Crippen LogP contribution is -1.99. The molecule has 3 aliphatic rings. The van der Waals surface area contributed by atoms with Crippen molar-refractivity contribution in [2.75, 3.05) is 0 Å². The van der Waals surface area contributed by atoms with Crippen LogP contribution in [0.5, 0.6) is 0 Å². The largest absolute Gasteiger partial charge is 0.222 e. The van der Waals surface area contributed by atoms with Crippen LogP contribution in [-0.4, -0.2) is 9.78 Å². The number of fused-ring (bicyclic) bond motifs is 2. The van der Waals surface area contributed by atoms with Crippen LogP contribution in [0.3, 0.4) is 0 Å². The zero-order chi connectivity index (χ0) is 7.97. The van der Waals surface area contributed by atoms with E-state index in [4.69, 9.17) is 0 Å². The van der Waals surface area contributed by atoms with Crippen molar-refractivity contribution in [3.8, 4) is 11.3 Å². The van der Waals surface area contributed by atoms with Gasteiger partial charge >= 0.3 is 0 Å². The first-order valence-corrected chi connectivity index (χ1v) is 3.77. The molecule has 0 atom stereocenters. The topological polar surface area (TPSA) is 42.5 Å². The molecule has 0 amide bonds. The molecule has 2 aliphatic heterocycles. The highest BCUT2D eigenvalue weighted by molar-refractivity contribution is 5.64. The first kappa shape index (κ1) is 5.88. The Bertz CT molecular complexity index is 429. The average Bonchev–Trinajstić information content (AvgIpc) is 2.64. The first-order chi connectivity index (χ1) is 5.93. The van der Waals surface area contributed by atoms with Gasteiger partial charge in [0.05, 0.1) is 5.69 Å². The lowest BCUT2D eigenvalue weighted by Gasteiger charge is -2.02. The van der Waals surface area contributed by atoms with Crippen LogP contribution in [0.25, 0.3) is 11.3 Å². The summed E-state index contributed by atoms with van der Waals surface area (Å²) < 4.78 is 1.79. The lowest BCUT2D eigenvalue weighted by molar-refractivity contribution is 0.664. The number of nitrogens with zero attached hydrogens (tertiary/aromatic N) is 4. The molecule has 1 aliphatic carbocycles. The van der Waals surface area contributed by atoms with Crippen molar-refractivity contribution < 1.29 is 0 Å². The summed E-state index contributed by atoms with van der Waals surface area (Å²) in [5.74, 6) is 0.841. The van der Waals surface area contributed by atoms with E-state index < -0.39 is 0 Å². The van der Waals surface area contributed by atoms with Crippen molar-refractivity contribution in [1.29, 1.82) is 0 Å². The van der Waals surface area contributed by atoms with Gasteiger partial charge in [-0.15, -0.1) is 5.11 Å². The number of hydrogen-bond acceptors (Lipinski definition) is 3. The number of hydrogen-bond donors (Lipinski definition) is 0. The summed E-state index contributed by atoms with van der Waals surface area (Å²) in [4.78, 5) is 0. The first-order valence-electron chi connectivity index (χ1n) is 3.77. The van der Waals surface area contributed by atoms with Crippen molar-refractivity contribution in [3.63, 3.8) is 0 Å². The van der Waals surface area contributed by atoms with E-state index >= 15 is 0 Å². The third-order valence-electron chi connectivity index (χ3n) is 1.97. The molecule has 58 valence electrons. The molecule has 0 saturated carbocycles. The highest BCUT2D eigenvalue weighted by Gasteiger charge is 2.11. The van der Waals surface area contributed by atoms with E-state index in [1.54, 1.807) is 4.68 Å². The fourth-order valence-corrected chi connectivity index (χ4v) is 1.38. The molecule has 0 fully saturated rings. The van der Waals surface area contributed by atoms with Gasteiger partial charge in [0.25, 0.3) is 0 Å². The zero-order valence-electron chi connectivity index (χ0n) is 6.31. The molecule has 0 aromatic heterocycles. The summed E-state index contributed by atoms with van der Waals surface area (Å²) in [7, 11) is 0. The van der Waals surface area contributed by atoms with Crippen LogP contribution >= 0.6 is 0 Å². The van der Waals surface area contributed by atoms with Crippen molar-refractivity contribution in [2.45, 2.75) is 6.67 Å². The van der Waals surface area contributed by atoms with Crippen LogP contribution in [0.1, 0.15) is 0 Å². The average molecular weight is 158 g/mol. The maximum atomic E-state index is 4.34. The smallest absolute Gasteiger partial charge is 0.173 e. The van der Waals surface area contributed by atoms with Crippen molar-refractivity contribution in [1.82, 2.24) is 9.78 Å². The van der Waals surface area contributed by atoms with Crippen molar-refractivity contribution in [3.05, 3.63) is 24.3 Å². The van der Waals surface area contributed by atoms with Gasteiger partial charge in [0, 0.05) is 5.56 Å². The Balaban J connectivity index is 2.38. The summed E-state index contributed by atoms with van der Waals surface area (Å²) in [5, 5.41) is 12.2. The second-order valence-electron chi connectivity index (χ2n) is 2.75. The molecule has 4 nitrogen and oxygen atoms in total. The Morgan fingerprint density at radius 2 is 2.33 bits per heavy atom. The Kier molecular flexibility index (Phi) is 0.935. The van der Waals surface area contributed by atoms with Crippen molar-refractivity contribution >= 4 is 5.82 Å². The summed E-state index contributed by atoms with van der Waals surface area (Å²) in [5.41, 5.74) is 2.13. The summed E-state index contributed by atoms with van der Waals surface area (Å²) >= 11 is 0. The van der Waals surface area contributed by atoms with Crippen molar-refractivity contribution in [2.24, 2.45) is 10.2 Å². The molecule has 0 saturated heterocycles. The van der Waals surface area contributed by atoms with Gasteiger partial charge in [0.15, 0.2) is 12.5 Å². The van der Waals surface area contributed by atoms with E-state index in [1.165, 1.54) is 0 Å². The minimum Gasteiger partial charge on any atom is -0.222 e. The molecular weight excluding hydrogens is 152 g/mol. The normalized spacial score (nSPS) is 14.0. The van der Waals surface area contributed by atoms with Gasteiger partial charge < -0.3 is 0 Å². The number of rotatable bonds is 0. The van der Waals surface area contributed by atoms with Gasteiger partial charge in [-0.05, 0) is 12.1 Å². The SMILES string of the molecule is c1cc2cc3n(nc-2c1)CN=N3. The van der Waals surface area contributed by atoms with E-state index in [1.807, 2.05) is 24.3 Å². The minimum atomic E-state index is 0.552. The van der Waals surface area contributed by atoms with Crippen LogP contribution in [-0.2, 0) is 6.67 Å². The molecule has 0 radical (unpaired) electrons. The van der Waals surface area contributed by atoms with E-state index in [-0.39, 0.29) is 0 Å². The predicted molar refractivity (Wildman–Crippen MR) is 43.4 cm³/mol. The molecule has 0 aromatic rings. The van der Waals surface area contributed by atoms with Gasteiger partial charge in [-0.1, -0.05) is 12.1 Å². The Hall–Kier alpha value is -1.71. The fraction of sp³-hybridized carbons (Fsp3) is 0.125. The molecular formula is C8H6N4. The second kappa shape index (κ2) is 1.91. The van der Waals surface area contributed by atoms with Gasteiger partial charge in [0.1, 0.15) is 0 Å².